The molecule has 21 heavy (non-hydrogen) atoms. The summed E-state index contributed by atoms with van der Waals surface area (Å²) in [5.41, 5.74) is 1.79. The predicted octanol–water partition coefficient (Wildman–Crippen LogP) is 3.43. The Morgan fingerprint density at radius 1 is 0.952 bits per heavy atom. The molecule has 0 atom stereocenters. The number of Topliss-reactive ketones (excluding diaryl/α,β-unsaturated/α-hetero) is 1. The highest BCUT2D eigenvalue weighted by atomic mass is 16.5. The molecule has 1 aromatic heterocycles. The van der Waals surface area contributed by atoms with Gasteiger partial charge in [-0.2, -0.15) is 0 Å². The van der Waals surface area contributed by atoms with Crippen molar-refractivity contribution >= 4 is 16.7 Å². The first-order chi connectivity index (χ1) is 10.3. The van der Waals surface area contributed by atoms with E-state index < -0.39 is 0 Å². The van der Waals surface area contributed by atoms with Crippen LogP contribution in [0.1, 0.15) is 5.56 Å². The number of ether oxygens (including phenoxy) is 1. The van der Waals surface area contributed by atoms with E-state index in [1.54, 1.807) is 6.20 Å². The van der Waals surface area contributed by atoms with Crippen LogP contribution in [-0.2, 0) is 11.2 Å². The Balaban J connectivity index is 1.68. The molecule has 0 amide bonds. The molecular formula is C18H15NO2. The molecule has 0 saturated carbocycles. The summed E-state index contributed by atoms with van der Waals surface area (Å²) in [4.78, 5) is 16.3. The van der Waals surface area contributed by atoms with Crippen molar-refractivity contribution < 1.29 is 9.53 Å². The molecule has 0 saturated heterocycles. The number of carbonyl (C=O) groups excluding carboxylic acids is 1. The van der Waals surface area contributed by atoms with Gasteiger partial charge in [0.05, 0.1) is 0 Å². The molecule has 2 aromatic carbocycles. The molecule has 3 rings (SSSR count). The van der Waals surface area contributed by atoms with Crippen molar-refractivity contribution in [3.8, 4) is 5.75 Å². The Morgan fingerprint density at radius 3 is 2.62 bits per heavy atom. The van der Waals surface area contributed by atoms with Crippen molar-refractivity contribution in [3.05, 3.63) is 72.4 Å². The summed E-state index contributed by atoms with van der Waals surface area (Å²) in [5, 5.41) is 1.01. The van der Waals surface area contributed by atoms with Gasteiger partial charge in [-0.05, 0) is 17.7 Å². The number of rotatable bonds is 5. The van der Waals surface area contributed by atoms with Gasteiger partial charge in [0.15, 0.2) is 5.78 Å². The molecule has 1 heterocycles. The smallest absolute Gasteiger partial charge is 0.174 e. The van der Waals surface area contributed by atoms with Crippen LogP contribution in [0.5, 0.6) is 5.75 Å². The van der Waals surface area contributed by atoms with Crippen molar-refractivity contribution in [2.24, 2.45) is 0 Å². The molecule has 0 bridgehead atoms. The highest BCUT2D eigenvalue weighted by molar-refractivity contribution is 5.86. The lowest BCUT2D eigenvalue weighted by molar-refractivity contribution is -0.120. The van der Waals surface area contributed by atoms with E-state index in [4.69, 9.17) is 4.74 Å². The molecule has 3 nitrogen and oxygen atoms in total. The average Bonchev–Trinajstić information content (AvgIpc) is 2.54. The number of aromatic nitrogens is 1. The second-order valence-corrected chi connectivity index (χ2v) is 4.82. The number of nitrogens with zero attached hydrogens (tertiary/aromatic N) is 1. The predicted molar refractivity (Wildman–Crippen MR) is 82.4 cm³/mol. The maximum Gasteiger partial charge on any atom is 0.174 e. The van der Waals surface area contributed by atoms with Crippen LogP contribution in [-0.4, -0.2) is 17.4 Å². The van der Waals surface area contributed by atoms with Crippen molar-refractivity contribution in [3.63, 3.8) is 0 Å². The van der Waals surface area contributed by atoms with Crippen molar-refractivity contribution in [1.82, 2.24) is 4.98 Å². The topological polar surface area (TPSA) is 39.2 Å². The Morgan fingerprint density at radius 2 is 1.76 bits per heavy atom. The first kappa shape index (κ1) is 13.3. The molecule has 0 aliphatic rings. The Bertz CT molecular complexity index is 748. The molecule has 0 fully saturated rings. The fraction of sp³-hybridized carbons (Fsp3) is 0.111. The van der Waals surface area contributed by atoms with E-state index in [0.29, 0.717) is 12.2 Å². The maximum absolute atomic E-state index is 12.0. The van der Waals surface area contributed by atoms with E-state index in [2.05, 4.69) is 4.98 Å². The molecule has 3 aromatic rings. The quantitative estimate of drug-likeness (QED) is 0.717. The lowest BCUT2D eigenvalue weighted by Crippen LogP contribution is -2.14. The standard InChI is InChI=1S/C18H15NO2/c20-16(12-14-6-2-1-3-7-14)13-21-17-10-4-8-15-9-5-11-19-18(15)17/h1-11H,12-13H2. The number of benzene rings is 2. The minimum atomic E-state index is 0.0501. The Kier molecular flexibility index (Phi) is 3.92. The fourth-order valence-corrected chi connectivity index (χ4v) is 2.23. The fourth-order valence-electron chi connectivity index (χ4n) is 2.23. The van der Waals surface area contributed by atoms with Crippen LogP contribution in [0.4, 0.5) is 0 Å². The molecule has 3 heteroatoms. The highest BCUT2D eigenvalue weighted by Crippen LogP contribution is 2.22. The van der Waals surface area contributed by atoms with Gasteiger partial charge < -0.3 is 4.74 Å². The highest BCUT2D eigenvalue weighted by Gasteiger charge is 2.07. The third-order valence-electron chi connectivity index (χ3n) is 3.23. The van der Waals surface area contributed by atoms with Crippen molar-refractivity contribution in [1.29, 1.82) is 0 Å². The minimum absolute atomic E-state index is 0.0501. The lowest BCUT2D eigenvalue weighted by atomic mass is 10.1. The molecular weight excluding hydrogens is 262 g/mol. The maximum atomic E-state index is 12.0. The zero-order valence-electron chi connectivity index (χ0n) is 11.5. The average molecular weight is 277 g/mol. The summed E-state index contributed by atoms with van der Waals surface area (Å²) < 4.78 is 5.64. The molecule has 0 aliphatic heterocycles. The largest absolute Gasteiger partial charge is 0.484 e. The van der Waals surface area contributed by atoms with E-state index in [-0.39, 0.29) is 12.4 Å². The van der Waals surface area contributed by atoms with Crippen LogP contribution in [0.3, 0.4) is 0 Å². The molecule has 104 valence electrons. The van der Waals surface area contributed by atoms with Crippen LogP contribution in [0, 0.1) is 0 Å². The van der Waals surface area contributed by atoms with Crippen LogP contribution < -0.4 is 4.74 Å². The van der Waals surface area contributed by atoms with Crippen molar-refractivity contribution in [2.45, 2.75) is 6.42 Å². The number of pyridine rings is 1. The van der Waals surface area contributed by atoms with E-state index in [1.807, 2.05) is 60.7 Å². The second kappa shape index (κ2) is 6.18. The summed E-state index contributed by atoms with van der Waals surface area (Å²) in [6.45, 7) is 0.0601. The lowest BCUT2D eigenvalue weighted by Gasteiger charge is -2.08. The zero-order valence-corrected chi connectivity index (χ0v) is 11.5. The van der Waals surface area contributed by atoms with E-state index >= 15 is 0 Å². The molecule has 0 aliphatic carbocycles. The number of ketones is 1. The number of hydrogen-bond acceptors (Lipinski definition) is 3. The first-order valence-corrected chi connectivity index (χ1v) is 6.85. The number of para-hydroxylation sites is 1. The van der Waals surface area contributed by atoms with Crippen LogP contribution in [0.25, 0.3) is 10.9 Å². The Hall–Kier alpha value is -2.68. The summed E-state index contributed by atoms with van der Waals surface area (Å²) >= 11 is 0. The summed E-state index contributed by atoms with van der Waals surface area (Å²) in [7, 11) is 0. The summed E-state index contributed by atoms with van der Waals surface area (Å²) in [5.74, 6) is 0.698. The van der Waals surface area contributed by atoms with Gasteiger partial charge in [-0.1, -0.05) is 48.5 Å². The minimum Gasteiger partial charge on any atom is -0.484 e. The van der Waals surface area contributed by atoms with E-state index in [9.17, 15) is 4.79 Å². The molecule has 0 unspecified atom stereocenters. The third kappa shape index (κ3) is 3.26. The van der Waals surface area contributed by atoms with Gasteiger partial charge in [0.1, 0.15) is 17.9 Å². The third-order valence-corrected chi connectivity index (χ3v) is 3.23. The number of carbonyl (C=O) groups is 1. The van der Waals surface area contributed by atoms with Gasteiger partial charge in [-0.3, -0.25) is 9.78 Å². The van der Waals surface area contributed by atoms with Gasteiger partial charge in [-0.15, -0.1) is 0 Å². The van der Waals surface area contributed by atoms with Gasteiger partial charge in [0.2, 0.25) is 0 Å². The summed E-state index contributed by atoms with van der Waals surface area (Å²) in [6.07, 6.45) is 2.11. The van der Waals surface area contributed by atoms with Crippen LogP contribution in [0.2, 0.25) is 0 Å². The van der Waals surface area contributed by atoms with Gasteiger partial charge in [-0.25, -0.2) is 0 Å². The normalized spacial score (nSPS) is 10.5. The van der Waals surface area contributed by atoms with Gasteiger partial charge >= 0.3 is 0 Å². The summed E-state index contributed by atoms with van der Waals surface area (Å²) in [6, 6.07) is 19.2. The van der Waals surface area contributed by atoms with E-state index in [1.165, 1.54) is 0 Å². The van der Waals surface area contributed by atoms with Crippen LogP contribution in [0.15, 0.2) is 66.9 Å². The molecule has 0 radical (unpaired) electrons. The second-order valence-electron chi connectivity index (χ2n) is 4.82. The monoisotopic (exact) mass is 277 g/mol. The van der Waals surface area contributed by atoms with E-state index in [0.717, 1.165) is 16.5 Å². The molecule has 0 spiro atoms. The zero-order chi connectivity index (χ0) is 14.5. The SMILES string of the molecule is O=C(COc1cccc2cccnc12)Cc1ccccc1. The number of fused-ring (bicyclic) bond motifs is 1. The van der Waals surface area contributed by atoms with Crippen molar-refractivity contribution in [2.75, 3.05) is 6.61 Å². The molecule has 0 N–H and O–H groups in total. The van der Waals surface area contributed by atoms with Gasteiger partial charge in [0.25, 0.3) is 0 Å². The first-order valence-electron chi connectivity index (χ1n) is 6.85. The Labute approximate surface area is 123 Å². The van der Waals surface area contributed by atoms with Gasteiger partial charge in [0, 0.05) is 18.0 Å². The van der Waals surface area contributed by atoms with Crippen LogP contribution >= 0.6 is 0 Å². The number of hydrogen-bond donors (Lipinski definition) is 0.